The van der Waals surface area contributed by atoms with E-state index in [1.807, 2.05) is 36.1 Å². The molecule has 3 fully saturated rings. The van der Waals surface area contributed by atoms with Crippen molar-refractivity contribution in [2.45, 2.75) is 31.7 Å². The third kappa shape index (κ3) is 3.75. The molecule has 180 valence electrons. The maximum absolute atomic E-state index is 14.3. The van der Waals surface area contributed by atoms with Crippen LogP contribution < -0.4 is 5.32 Å². The van der Waals surface area contributed by atoms with Gasteiger partial charge >= 0.3 is 5.97 Å². The molecule has 7 rings (SSSR count). The lowest BCUT2D eigenvalue weighted by atomic mass is 9.61. The number of nitrogens with zero attached hydrogens (tertiary/aromatic N) is 3. The number of aryl methyl sites for hydroxylation is 1. The molecule has 0 radical (unpaired) electrons. The molecule has 0 aliphatic heterocycles. The maximum Gasteiger partial charge on any atom is 0.308 e. The first kappa shape index (κ1) is 21.8. The minimum atomic E-state index is -0.781. The normalized spacial score (nSPS) is 23.6. The van der Waals surface area contributed by atoms with Gasteiger partial charge in [-0.1, -0.05) is 0 Å². The molecule has 0 saturated heterocycles. The van der Waals surface area contributed by atoms with Crippen molar-refractivity contribution in [3.8, 4) is 22.6 Å². The molecule has 2 atom stereocenters. The summed E-state index contributed by atoms with van der Waals surface area (Å²) in [6.45, 7) is 0. The number of carboxylic acids is 1. The van der Waals surface area contributed by atoms with E-state index in [1.165, 1.54) is 6.07 Å². The number of nitrogens with one attached hydrogen (secondary N) is 2. The van der Waals surface area contributed by atoms with E-state index < -0.39 is 23.5 Å². The highest BCUT2D eigenvalue weighted by atomic mass is 19.1. The van der Waals surface area contributed by atoms with Crippen molar-refractivity contribution in [3.05, 3.63) is 54.5 Å². The first-order chi connectivity index (χ1) is 16.9. The Bertz CT molecular complexity index is 1440. The second-order valence-corrected chi connectivity index (χ2v) is 9.75. The van der Waals surface area contributed by atoms with Crippen LogP contribution in [0, 0.1) is 29.4 Å². The van der Waals surface area contributed by atoms with Gasteiger partial charge in [0, 0.05) is 60.3 Å². The number of carboxylic acid groups (broad SMARTS) is 1. The molecule has 3 aliphatic carbocycles. The van der Waals surface area contributed by atoms with E-state index in [9.17, 15) is 18.7 Å². The Labute approximate surface area is 200 Å². The predicted octanol–water partition coefficient (Wildman–Crippen LogP) is 5.21. The van der Waals surface area contributed by atoms with E-state index >= 15 is 0 Å². The number of hydrogen-bond acceptors (Lipinski definition) is 4. The number of carbonyl (C=O) groups is 1. The van der Waals surface area contributed by atoms with Crippen LogP contribution >= 0.6 is 0 Å². The molecule has 7 nitrogen and oxygen atoms in total. The first-order valence-electron chi connectivity index (χ1n) is 11.8. The highest BCUT2D eigenvalue weighted by molar-refractivity contribution is 5.94. The average Bonchev–Trinajstić information content (AvgIpc) is 3.46. The van der Waals surface area contributed by atoms with Crippen LogP contribution in [-0.2, 0) is 11.8 Å². The highest BCUT2D eigenvalue weighted by Gasteiger charge is 2.47. The van der Waals surface area contributed by atoms with Crippen molar-refractivity contribution in [1.82, 2.24) is 19.5 Å². The summed E-state index contributed by atoms with van der Waals surface area (Å²) in [5, 5.41) is 13.8. The van der Waals surface area contributed by atoms with Crippen molar-refractivity contribution >= 4 is 22.7 Å². The number of rotatable bonds is 5. The zero-order chi connectivity index (χ0) is 24.3. The Kier molecular flexibility index (Phi) is 5.09. The van der Waals surface area contributed by atoms with Gasteiger partial charge in [0.2, 0.25) is 0 Å². The molecule has 9 heteroatoms. The molecule has 35 heavy (non-hydrogen) atoms. The summed E-state index contributed by atoms with van der Waals surface area (Å²) < 4.78 is 30.3. The second-order valence-electron chi connectivity index (χ2n) is 9.75. The Morgan fingerprint density at radius 2 is 1.91 bits per heavy atom. The number of benzene rings is 1. The summed E-state index contributed by atoms with van der Waals surface area (Å²) in [6.07, 6.45) is 9.28. The summed E-state index contributed by atoms with van der Waals surface area (Å²) in [4.78, 5) is 24.4. The molecule has 1 aromatic carbocycles. The van der Waals surface area contributed by atoms with Crippen LogP contribution in [0.5, 0.6) is 0 Å². The van der Waals surface area contributed by atoms with Gasteiger partial charge in [0.25, 0.3) is 0 Å². The van der Waals surface area contributed by atoms with Gasteiger partial charge in [0.15, 0.2) is 5.82 Å². The van der Waals surface area contributed by atoms with E-state index in [2.05, 4.69) is 10.3 Å². The van der Waals surface area contributed by atoms with Gasteiger partial charge in [-0.3, -0.25) is 4.79 Å². The number of aromatic nitrogens is 4. The predicted molar refractivity (Wildman–Crippen MR) is 128 cm³/mol. The zero-order valence-corrected chi connectivity index (χ0v) is 19.1. The lowest BCUT2D eigenvalue weighted by Gasteiger charge is -2.47. The van der Waals surface area contributed by atoms with Crippen molar-refractivity contribution < 1.29 is 18.7 Å². The molecule has 3 saturated carbocycles. The summed E-state index contributed by atoms with van der Waals surface area (Å²) in [5.74, 6) is -1.40. The van der Waals surface area contributed by atoms with Crippen LogP contribution in [-0.4, -0.2) is 36.6 Å². The minimum absolute atomic E-state index is 0.157. The van der Waals surface area contributed by atoms with Crippen LogP contribution in [0.25, 0.3) is 33.5 Å². The van der Waals surface area contributed by atoms with Crippen LogP contribution in [0.1, 0.15) is 25.7 Å². The van der Waals surface area contributed by atoms with Gasteiger partial charge in [-0.2, -0.15) is 0 Å². The fraction of sp³-hybridized carbons (Fsp3) is 0.346. The Hall–Kier alpha value is -3.75. The Balaban J connectivity index is 1.47. The molecule has 0 amide bonds. The molecule has 4 aromatic rings. The van der Waals surface area contributed by atoms with E-state index in [1.54, 1.807) is 6.20 Å². The highest BCUT2D eigenvalue weighted by Crippen LogP contribution is 2.46. The number of anilines is 1. The van der Waals surface area contributed by atoms with Gasteiger partial charge in [-0.25, -0.2) is 18.7 Å². The smallest absolute Gasteiger partial charge is 0.308 e. The molecular weight excluding hydrogens is 452 g/mol. The third-order valence-corrected chi connectivity index (χ3v) is 7.62. The van der Waals surface area contributed by atoms with Crippen molar-refractivity contribution in [2.75, 3.05) is 5.32 Å². The fourth-order valence-corrected chi connectivity index (χ4v) is 5.97. The van der Waals surface area contributed by atoms with Crippen LogP contribution in [0.15, 0.2) is 42.9 Å². The number of H-pyrrole nitrogens is 1. The quantitative estimate of drug-likeness (QED) is 0.367. The van der Waals surface area contributed by atoms with Crippen molar-refractivity contribution in [2.24, 2.45) is 24.8 Å². The first-order valence-corrected chi connectivity index (χ1v) is 11.8. The lowest BCUT2D eigenvalue weighted by molar-refractivity contribution is -0.148. The fourth-order valence-electron chi connectivity index (χ4n) is 5.97. The molecule has 3 heterocycles. The molecular formula is C26H25F2N5O2. The maximum atomic E-state index is 14.3. The molecule has 3 aromatic heterocycles. The third-order valence-electron chi connectivity index (χ3n) is 7.62. The second kappa shape index (κ2) is 8.18. The lowest BCUT2D eigenvalue weighted by Crippen LogP contribution is -2.51. The van der Waals surface area contributed by atoms with Crippen LogP contribution in [0.4, 0.5) is 14.6 Å². The van der Waals surface area contributed by atoms with Gasteiger partial charge < -0.3 is 20.0 Å². The van der Waals surface area contributed by atoms with Gasteiger partial charge in [0.05, 0.1) is 17.1 Å². The summed E-state index contributed by atoms with van der Waals surface area (Å²) in [6, 6.07) is 5.60. The number of aromatic amines is 1. The zero-order valence-electron chi connectivity index (χ0n) is 19.1. The number of aliphatic carboxylic acids is 1. The topological polar surface area (TPSA) is 95.8 Å². The van der Waals surface area contributed by atoms with Gasteiger partial charge in [-0.15, -0.1) is 0 Å². The van der Waals surface area contributed by atoms with Crippen molar-refractivity contribution in [3.63, 3.8) is 0 Å². The average molecular weight is 478 g/mol. The standard InChI is InChI=1S/C26H25F2N5O2/c1-33-7-6-15(12-33)20-10-21(31-23-14-4-2-13(3-5-14)22(23)26(34)35)32-25(30-20)18-11-29-24-17(18)8-16(27)9-19(24)28/h6-14,22-23,29H,2-5H2,1H3,(H,34,35)(H,30,31,32). The largest absolute Gasteiger partial charge is 0.481 e. The minimum Gasteiger partial charge on any atom is -0.481 e. The molecule has 3 aliphatic rings. The summed E-state index contributed by atoms with van der Waals surface area (Å²) in [5.41, 5.74) is 2.15. The van der Waals surface area contributed by atoms with Gasteiger partial charge in [-0.05, 0) is 49.7 Å². The summed E-state index contributed by atoms with van der Waals surface area (Å²) in [7, 11) is 1.91. The van der Waals surface area contributed by atoms with Crippen LogP contribution in [0.3, 0.4) is 0 Å². The Morgan fingerprint density at radius 3 is 2.63 bits per heavy atom. The molecule has 2 unspecified atom stereocenters. The van der Waals surface area contributed by atoms with E-state index in [4.69, 9.17) is 9.97 Å². The number of hydrogen-bond donors (Lipinski definition) is 3. The van der Waals surface area contributed by atoms with E-state index in [0.717, 1.165) is 37.3 Å². The van der Waals surface area contributed by atoms with Gasteiger partial charge in [0.1, 0.15) is 17.5 Å². The van der Waals surface area contributed by atoms with Crippen LogP contribution in [0.2, 0.25) is 0 Å². The monoisotopic (exact) mass is 477 g/mol. The van der Waals surface area contributed by atoms with Crippen molar-refractivity contribution in [1.29, 1.82) is 0 Å². The van der Waals surface area contributed by atoms with E-state index in [0.29, 0.717) is 28.3 Å². The number of halogens is 2. The molecule has 0 spiro atoms. The summed E-state index contributed by atoms with van der Waals surface area (Å²) >= 11 is 0. The molecule has 3 N–H and O–H groups in total. The Morgan fingerprint density at radius 1 is 1.14 bits per heavy atom. The number of fused-ring (bicyclic) bond motifs is 4. The SMILES string of the molecule is Cn1ccc(-c2cc(NC3C4CCC(CC4)C3C(=O)O)nc(-c3c[nH]c4c(F)cc(F)cc34)n2)c1. The molecule has 2 bridgehead atoms. The van der Waals surface area contributed by atoms with E-state index in [-0.39, 0.29) is 23.4 Å².